The number of amides is 1. The van der Waals surface area contributed by atoms with Crippen molar-refractivity contribution < 1.29 is 13.6 Å². The molecule has 7 heteroatoms. The van der Waals surface area contributed by atoms with E-state index in [0.29, 0.717) is 28.8 Å². The van der Waals surface area contributed by atoms with Crippen LogP contribution in [0.4, 0.5) is 5.69 Å². The third-order valence-electron chi connectivity index (χ3n) is 5.11. The summed E-state index contributed by atoms with van der Waals surface area (Å²) < 4.78 is 11.1. The number of imidazole rings is 1. The Labute approximate surface area is 185 Å². The molecular formula is C24H25N3O3S. The molecule has 1 amide bonds. The van der Waals surface area contributed by atoms with E-state index in [-0.39, 0.29) is 11.2 Å². The number of furan rings is 2. The van der Waals surface area contributed by atoms with Crippen LogP contribution in [0.3, 0.4) is 0 Å². The van der Waals surface area contributed by atoms with Crippen LogP contribution in [0.1, 0.15) is 31.4 Å². The molecule has 1 aromatic carbocycles. The van der Waals surface area contributed by atoms with Gasteiger partial charge in [-0.2, -0.15) is 0 Å². The number of benzene rings is 1. The van der Waals surface area contributed by atoms with Crippen molar-refractivity contribution in [2.45, 2.75) is 44.0 Å². The molecule has 6 nitrogen and oxygen atoms in total. The van der Waals surface area contributed by atoms with E-state index in [4.69, 9.17) is 13.8 Å². The second-order valence-electron chi connectivity index (χ2n) is 7.19. The highest BCUT2D eigenvalue weighted by Crippen LogP contribution is 2.35. The molecule has 0 aliphatic rings. The summed E-state index contributed by atoms with van der Waals surface area (Å²) in [4.78, 5) is 21.1. The normalized spacial score (nSPS) is 12.1. The van der Waals surface area contributed by atoms with Crippen LogP contribution >= 0.6 is 11.8 Å². The summed E-state index contributed by atoms with van der Waals surface area (Å²) in [5.41, 5.74) is 4.48. The fraction of sp³-hybridized carbons (Fsp3) is 0.250. The second-order valence-corrected chi connectivity index (χ2v) is 8.38. The minimum absolute atomic E-state index is 0.0352. The van der Waals surface area contributed by atoms with Crippen LogP contribution in [0.25, 0.3) is 22.9 Å². The molecule has 1 atom stereocenters. The van der Waals surface area contributed by atoms with Crippen molar-refractivity contribution in [1.82, 2.24) is 9.97 Å². The van der Waals surface area contributed by atoms with Gasteiger partial charge < -0.3 is 19.1 Å². The number of hydrogen-bond donors (Lipinski definition) is 2. The van der Waals surface area contributed by atoms with Crippen molar-refractivity contribution in [3.05, 3.63) is 66.1 Å². The van der Waals surface area contributed by atoms with Gasteiger partial charge in [-0.15, -0.1) is 0 Å². The van der Waals surface area contributed by atoms with Gasteiger partial charge in [0.25, 0.3) is 0 Å². The molecule has 0 saturated heterocycles. The average Bonchev–Trinajstić information content (AvgIpc) is 3.54. The zero-order valence-corrected chi connectivity index (χ0v) is 18.6. The van der Waals surface area contributed by atoms with Gasteiger partial charge in [0.2, 0.25) is 5.91 Å². The molecule has 0 fully saturated rings. The number of nitrogens with one attached hydrogen (secondary N) is 2. The molecule has 3 heterocycles. The first-order chi connectivity index (χ1) is 15.1. The summed E-state index contributed by atoms with van der Waals surface area (Å²) in [5, 5.41) is 3.48. The summed E-state index contributed by atoms with van der Waals surface area (Å²) in [7, 11) is 0. The number of nitrogens with zero attached hydrogens (tertiary/aromatic N) is 1. The number of para-hydroxylation sites is 1. The monoisotopic (exact) mass is 435 g/mol. The Bertz CT molecular complexity index is 1100. The Morgan fingerprint density at radius 1 is 1.10 bits per heavy atom. The van der Waals surface area contributed by atoms with Crippen molar-refractivity contribution >= 4 is 23.4 Å². The van der Waals surface area contributed by atoms with Crippen LogP contribution in [0.2, 0.25) is 0 Å². The minimum atomic E-state index is -0.302. The second kappa shape index (κ2) is 9.31. The summed E-state index contributed by atoms with van der Waals surface area (Å²) in [5.74, 6) is 1.27. The van der Waals surface area contributed by atoms with E-state index in [1.165, 1.54) is 11.8 Å². The van der Waals surface area contributed by atoms with Gasteiger partial charge in [-0.25, -0.2) is 4.98 Å². The quantitative estimate of drug-likeness (QED) is 0.317. The number of hydrogen-bond acceptors (Lipinski definition) is 5. The van der Waals surface area contributed by atoms with Gasteiger partial charge in [0.05, 0.1) is 17.8 Å². The van der Waals surface area contributed by atoms with Gasteiger partial charge >= 0.3 is 0 Å². The molecule has 4 rings (SSSR count). The van der Waals surface area contributed by atoms with Gasteiger partial charge in [0.15, 0.2) is 16.7 Å². The van der Waals surface area contributed by atoms with E-state index >= 15 is 0 Å². The number of aromatic nitrogens is 2. The number of carbonyl (C=O) groups is 1. The van der Waals surface area contributed by atoms with Gasteiger partial charge in [-0.1, -0.05) is 43.8 Å². The van der Waals surface area contributed by atoms with Crippen molar-refractivity contribution in [1.29, 1.82) is 0 Å². The Morgan fingerprint density at radius 3 is 2.48 bits per heavy atom. The molecule has 0 aliphatic heterocycles. The number of H-pyrrole nitrogens is 1. The van der Waals surface area contributed by atoms with E-state index in [1.807, 2.05) is 50.2 Å². The third-order valence-corrected chi connectivity index (χ3v) is 6.36. The minimum Gasteiger partial charge on any atom is -0.463 e. The maximum Gasteiger partial charge on any atom is 0.237 e. The molecule has 0 aliphatic carbocycles. The maximum absolute atomic E-state index is 13.1. The Hall–Kier alpha value is -3.19. The lowest BCUT2D eigenvalue weighted by atomic mass is 10.1. The molecule has 3 aromatic heterocycles. The predicted molar refractivity (Wildman–Crippen MR) is 123 cm³/mol. The summed E-state index contributed by atoms with van der Waals surface area (Å²) >= 11 is 1.40. The third kappa shape index (κ3) is 4.46. The molecule has 0 saturated carbocycles. The number of aromatic amines is 1. The molecule has 4 aromatic rings. The zero-order valence-electron chi connectivity index (χ0n) is 17.8. The van der Waals surface area contributed by atoms with Crippen LogP contribution in [0.5, 0.6) is 0 Å². The van der Waals surface area contributed by atoms with E-state index < -0.39 is 0 Å². The predicted octanol–water partition coefficient (Wildman–Crippen LogP) is 6.31. The molecule has 0 spiro atoms. The number of thioether (sulfide) groups is 1. The smallest absolute Gasteiger partial charge is 0.237 e. The van der Waals surface area contributed by atoms with Crippen LogP contribution in [0, 0.1) is 6.92 Å². The Kier molecular flexibility index (Phi) is 6.32. The largest absolute Gasteiger partial charge is 0.463 e. The van der Waals surface area contributed by atoms with Gasteiger partial charge in [0.1, 0.15) is 11.4 Å². The molecule has 2 N–H and O–H groups in total. The van der Waals surface area contributed by atoms with Crippen LogP contribution in [0.15, 0.2) is 69.0 Å². The topological polar surface area (TPSA) is 84.1 Å². The molecule has 1 unspecified atom stereocenters. The first-order valence-electron chi connectivity index (χ1n) is 10.3. The van der Waals surface area contributed by atoms with E-state index in [9.17, 15) is 4.79 Å². The average molecular weight is 436 g/mol. The summed E-state index contributed by atoms with van der Waals surface area (Å²) in [6, 6.07) is 13.4. The van der Waals surface area contributed by atoms with Crippen molar-refractivity contribution in [2.24, 2.45) is 0 Å². The number of anilines is 1. The maximum atomic E-state index is 13.1. The standard InChI is InChI=1S/C24H25N3O3S/c1-4-16-10-6-9-15(3)20(16)25-23(28)19(5-2)31-24-26-21(17-11-7-13-29-17)22(27-24)18-12-8-14-30-18/h6-14,19H,4-5H2,1-3H3,(H,25,28)(H,26,27). The molecule has 0 bridgehead atoms. The Balaban J connectivity index is 1.59. The first-order valence-corrected chi connectivity index (χ1v) is 11.2. The van der Waals surface area contributed by atoms with E-state index in [1.54, 1.807) is 12.5 Å². The lowest BCUT2D eigenvalue weighted by Gasteiger charge is -2.17. The lowest BCUT2D eigenvalue weighted by molar-refractivity contribution is -0.115. The molecule has 0 radical (unpaired) electrons. The summed E-state index contributed by atoms with van der Waals surface area (Å²) in [6.07, 6.45) is 4.75. The lowest BCUT2D eigenvalue weighted by Crippen LogP contribution is -2.25. The van der Waals surface area contributed by atoms with Crippen molar-refractivity contribution in [3.63, 3.8) is 0 Å². The first kappa shape index (κ1) is 21.1. The Morgan fingerprint density at radius 2 is 1.84 bits per heavy atom. The molecule has 160 valence electrons. The highest BCUT2D eigenvalue weighted by molar-refractivity contribution is 8.00. The van der Waals surface area contributed by atoms with Crippen molar-refractivity contribution in [3.8, 4) is 22.9 Å². The fourth-order valence-electron chi connectivity index (χ4n) is 3.46. The van der Waals surface area contributed by atoms with Crippen LogP contribution < -0.4 is 5.32 Å². The van der Waals surface area contributed by atoms with E-state index in [2.05, 4.69) is 23.3 Å². The number of carbonyl (C=O) groups excluding carboxylic acids is 1. The highest BCUT2D eigenvalue weighted by atomic mass is 32.2. The van der Waals surface area contributed by atoms with Gasteiger partial charge in [-0.3, -0.25) is 4.79 Å². The SMILES string of the molecule is CCc1cccc(C)c1NC(=O)C(CC)Sc1nc(-c2ccco2)c(-c2ccco2)[nH]1. The number of aryl methyl sites for hydroxylation is 2. The molecular weight excluding hydrogens is 410 g/mol. The van der Waals surface area contributed by atoms with E-state index in [0.717, 1.165) is 28.9 Å². The fourth-order valence-corrected chi connectivity index (χ4v) is 4.37. The highest BCUT2D eigenvalue weighted by Gasteiger charge is 2.24. The molecule has 31 heavy (non-hydrogen) atoms. The zero-order chi connectivity index (χ0) is 21.8. The van der Waals surface area contributed by atoms with Gasteiger partial charge in [-0.05, 0) is 55.2 Å². The van der Waals surface area contributed by atoms with Crippen LogP contribution in [-0.2, 0) is 11.2 Å². The summed E-state index contributed by atoms with van der Waals surface area (Å²) in [6.45, 7) is 6.10. The number of rotatable bonds is 8. The van der Waals surface area contributed by atoms with Gasteiger partial charge in [0, 0.05) is 5.69 Å². The van der Waals surface area contributed by atoms with Crippen molar-refractivity contribution in [2.75, 3.05) is 5.32 Å². The van der Waals surface area contributed by atoms with Crippen LogP contribution in [-0.4, -0.2) is 21.1 Å².